The Morgan fingerprint density at radius 1 is 0.952 bits per heavy atom. The maximum absolute atomic E-state index is 5.20. The summed E-state index contributed by atoms with van der Waals surface area (Å²) in [7, 11) is 1.69. The summed E-state index contributed by atoms with van der Waals surface area (Å²) in [6.45, 7) is 5.94. The van der Waals surface area contributed by atoms with Gasteiger partial charge in [-0.1, -0.05) is 0 Å². The third-order valence-electron chi connectivity index (χ3n) is 3.83. The van der Waals surface area contributed by atoms with Crippen molar-refractivity contribution in [3.05, 3.63) is 42.4 Å². The molecule has 0 radical (unpaired) electrons. The number of methoxy groups -OCH3 is 1. The van der Waals surface area contributed by atoms with Crippen molar-refractivity contribution in [2.75, 3.05) is 43.1 Å². The highest BCUT2D eigenvalue weighted by Gasteiger charge is 2.18. The largest absolute Gasteiger partial charge is 0.497 e. The minimum Gasteiger partial charge on any atom is -0.497 e. The molecule has 1 saturated heterocycles. The highest BCUT2D eigenvalue weighted by molar-refractivity contribution is 5.51. The highest BCUT2D eigenvalue weighted by atomic mass is 16.5. The third kappa shape index (κ3) is 3.07. The molecule has 21 heavy (non-hydrogen) atoms. The Balaban J connectivity index is 1.64. The molecule has 1 aliphatic rings. The Morgan fingerprint density at radius 3 is 2.24 bits per heavy atom. The zero-order valence-corrected chi connectivity index (χ0v) is 12.5. The molecule has 110 valence electrons. The predicted octanol–water partition coefficient (Wildman–Crippen LogP) is 2.12. The number of nitrogens with zero attached hydrogens (tertiary/aromatic N) is 4. The monoisotopic (exact) mass is 284 g/mol. The van der Waals surface area contributed by atoms with Gasteiger partial charge in [-0.15, -0.1) is 0 Å². The van der Waals surface area contributed by atoms with Gasteiger partial charge in [0.25, 0.3) is 0 Å². The molecule has 1 aliphatic heterocycles. The number of ether oxygens (including phenoxy) is 1. The lowest BCUT2D eigenvalue weighted by atomic mass is 10.2. The number of benzene rings is 1. The molecule has 0 amide bonds. The molecular formula is C16H20N4O. The van der Waals surface area contributed by atoms with E-state index in [0.717, 1.165) is 43.4 Å². The van der Waals surface area contributed by atoms with Crippen molar-refractivity contribution in [2.45, 2.75) is 6.92 Å². The first-order valence-corrected chi connectivity index (χ1v) is 7.19. The average Bonchev–Trinajstić information content (AvgIpc) is 2.55. The van der Waals surface area contributed by atoms with Crippen molar-refractivity contribution in [3.63, 3.8) is 0 Å². The van der Waals surface area contributed by atoms with E-state index in [-0.39, 0.29) is 0 Å². The summed E-state index contributed by atoms with van der Waals surface area (Å²) in [4.78, 5) is 13.2. The zero-order valence-electron chi connectivity index (χ0n) is 12.5. The second kappa shape index (κ2) is 5.99. The van der Waals surface area contributed by atoms with Gasteiger partial charge in [0.1, 0.15) is 17.9 Å². The van der Waals surface area contributed by atoms with Crippen LogP contribution in [-0.2, 0) is 0 Å². The van der Waals surface area contributed by atoms with Gasteiger partial charge >= 0.3 is 0 Å². The molecule has 1 fully saturated rings. The summed E-state index contributed by atoms with van der Waals surface area (Å²) in [6, 6.07) is 10.3. The van der Waals surface area contributed by atoms with Gasteiger partial charge in [0.05, 0.1) is 7.11 Å². The van der Waals surface area contributed by atoms with Gasteiger partial charge in [0, 0.05) is 43.6 Å². The summed E-state index contributed by atoms with van der Waals surface area (Å²) in [5.74, 6) is 1.92. The molecule has 5 heteroatoms. The Labute approximate surface area is 125 Å². The first-order chi connectivity index (χ1) is 10.3. The smallest absolute Gasteiger partial charge is 0.132 e. The van der Waals surface area contributed by atoms with Crippen molar-refractivity contribution in [3.8, 4) is 5.75 Å². The molecule has 0 spiro atoms. The van der Waals surface area contributed by atoms with Crippen LogP contribution in [0.25, 0.3) is 0 Å². The van der Waals surface area contributed by atoms with Crippen LogP contribution in [0.4, 0.5) is 11.5 Å². The van der Waals surface area contributed by atoms with E-state index in [1.54, 1.807) is 13.4 Å². The second-order valence-electron chi connectivity index (χ2n) is 5.19. The number of aryl methyl sites for hydroxylation is 1. The lowest BCUT2D eigenvalue weighted by Crippen LogP contribution is -2.46. The van der Waals surface area contributed by atoms with Crippen LogP contribution in [-0.4, -0.2) is 43.3 Å². The fourth-order valence-electron chi connectivity index (χ4n) is 2.60. The first-order valence-electron chi connectivity index (χ1n) is 7.19. The molecule has 0 atom stereocenters. The lowest BCUT2D eigenvalue weighted by Gasteiger charge is -2.36. The second-order valence-corrected chi connectivity index (χ2v) is 5.19. The highest BCUT2D eigenvalue weighted by Crippen LogP contribution is 2.22. The van der Waals surface area contributed by atoms with E-state index in [2.05, 4.69) is 31.9 Å². The Kier molecular flexibility index (Phi) is 3.90. The number of rotatable bonds is 3. The van der Waals surface area contributed by atoms with E-state index in [0.29, 0.717) is 0 Å². The average molecular weight is 284 g/mol. The number of hydrogen-bond acceptors (Lipinski definition) is 5. The molecule has 0 bridgehead atoms. The number of piperazine rings is 1. The fourth-order valence-corrected chi connectivity index (χ4v) is 2.60. The number of anilines is 2. The van der Waals surface area contributed by atoms with Crippen molar-refractivity contribution in [2.24, 2.45) is 0 Å². The molecule has 1 aromatic carbocycles. The quantitative estimate of drug-likeness (QED) is 0.863. The van der Waals surface area contributed by atoms with E-state index in [4.69, 9.17) is 4.74 Å². The van der Waals surface area contributed by atoms with Gasteiger partial charge in [-0.05, 0) is 31.2 Å². The normalized spacial score (nSPS) is 15.1. The Bertz CT molecular complexity index is 591. The standard InChI is InChI=1S/C16H20N4O/c1-13-11-16(18-12-17-13)20-9-7-19(8-10-20)14-3-5-15(21-2)6-4-14/h3-6,11-12H,7-10H2,1-2H3. The molecule has 1 aromatic heterocycles. The van der Waals surface area contributed by atoms with Gasteiger partial charge < -0.3 is 14.5 Å². The van der Waals surface area contributed by atoms with Crippen molar-refractivity contribution in [1.82, 2.24) is 9.97 Å². The summed E-state index contributed by atoms with van der Waals surface area (Å²) in [6.07, 6.45) is 1.64. The van der Waals surface area contributed by atoms with E-state index < -0.39 is 0 Å². The third-order valence-corrected chi connectivity index (χ3v) is 3.83. The van der Waals surface area contributed by atoms with Gasteiger partial charge in [-0.3, -0.25) is 0 Å². The lowest BCUT2D eigenvalue weighted by molar-refractivity contribution is 0.415. The molecule has 0 aliphatic carbocycles. The summed E-state index contributed by atoms with van der Waals surface area (Å²) >= 11 is 0. The SMILES string of the molecule is COc1ccc(N2CCN(c3cc(C)ncn3)CC2)cc1. The van der Waals surface area contributed by atoms with Gasteiger partial charge in [0.15, 0.2) is 0 Å². The molecule has 0 N–H and O–H groups in total. The minimum atomic E-state index is 0.897. The first kappa shape index (κ1) is 13.7. The summed E-state index contributed by atoms with van der Waals surface area (Å²) in [5.41, 5.74) is 2.26. The maximum Gasteiger partial charge on any atom is 0.132 e. The van der Waals surface area contributed by atoms with E-state index in [1.807, 2.05) is 25.1 Å². The molecule has 3 rings (SSSR count). The van der Waals surface area contributed by atoms with Crippen molar-refractivity contribution < 1.29 is 4.74 Å². The fraction of sp³-hybridized carbons (Fsp3) is 0.375. The molecule has 2 aromatic rings. The van der Waals surface area contributed by atoms with Gasteiger partial charge in [0.2, 0.25) is 0 Å². The topological polar surface area (TPSA) is 41.5 Å². The van der Waals surface area contributed by atoms with Crippen LogP contribution in [0.5, 0.6) is 5.75 Å². The maximum atomic E-state index is 5.20. The van der Waals surface area contributed by atoms with Crippen molar-refractivity contribution >= 4 is 11.5 Å². The van der Waals surface area contributed by atoms with Gasteiger partial charge in [-0.25, -0.2) is 9.97 Å². The zero-order chi connectivity index (χ0) is 14.7. The summed E-state index contributed by atoms with van der Waals surface area (Å²) < 4.78 is 5.20. The molecule has 5 nitrogen and oxygen atoms in total. The van der Waals surface area contributed by atoms with Crippen LogP contribution in [0.1, 0.15) is 5.69 Å². The van der Waals surface area contributed by atoms with E-state index in [9.17, 15) is 0 Å². The van der Waals surface area contributed by atoms with E-state index in [1.165, 1.54) is 5.69 Å². The van der Waals surface area contributed by atoms with Crippen LogP contribution in [0.3, 0.4) is 0 Å². The molecule has 0 unspecified atom stereocenters. The predicted molar refractivity (Wildman–Crippen MR) is 84.2 cm³/mol. The van der Waals surface area contributed by atoms with Gasteiger partial charge in [-0.2, -0.15) is 0 Å². The van der Waals surface area contributed by atoms with Crippen molar-refractivity contribution in [1.29, 1.82) is 0 Å². The van der Waals surface area contributed by atoms with Crippen LogP contribution in [0.15, 0.2) is 36.7 Å². The van der Waals surface area contributed by atoms with Crippen LogP contribution >= 0.6 is 0 Å². The molecular weight excluding hydrogens is 264 g/mol. The Hall–Kier alpha value is -2.30. The Morgan fingerprint density at radius 2 is 1.62 bits per heavy atom. The van der Waals surface area contributed by atoms with Crippen LogP contribution < -0.4 is 14.5 Å². The van der Waals surface area contributed by atoms with E-state index >= 15 is 0 Å². The van der Waals surface area contributed by atoms with Crippen LogP contribution in [0, 0.1) is 6.92 Å². The number of aromatic nitrogens is 2. The number of hydrogen-bond donors (Lipinski definition) is 0. The summed E-state index contributed by atoms with van der Waals surface area (Å²) in [5, 5.41) is 0. The minimum absolute atomic E-state index is 0.897. The van der Waals surface area contributed by atoms with Crippen LogP contribution in [0.2, 0.25) is 0 Å². The molecule has 2 heterocycles. The molecule has 0 saturated carbocycles.